The molecule has 0 heterocycles. The summed E-state index contributed by atoms with van der Waals surface area (Å²) in [6.45, 7) is 2.06. The summed E-state index contributed by atoms with van der Waals surface area (Å²) in [4.78, 5) is 0. The van der Waals surface area contributed by atoms with Gasteiger partial charge in [-0.2, -0.15) is 0 Å². The molecule has 0 aliphatic rings. The van der Waals surface area contributed by atoms with Gasteiger partial charge in [-0.3, -0.25) is 0 Å². The van der Waals surface area contributed by atoms with E-state index in [1.54, 1.807) is 0 Å². The molecule has 0 aliphatic heterocycles. The summed E-state index contributed by atoms with van der Waals surface area (Å²) < 4.78 is 12.0. The fourth-order valence-electron chi connectivity index (χ4n) is 1.88. The lowest BCUT2D eigenvalue weighted by Crippen LogP contribution is -2.27. The summed E-state index contributed by atoms with van der Waals surface area (Å²) in [5, 5.41) is 9.60. The van der Waals surface area contributed by atoms with Crippen molar-refractivity contribution in [2.45, 2.75) is 31.7 Å². The van der Waals surface area contributed by atoms with Gasteiger partial charge in [0.05, 0.1) is 5.66 Å². The van der Waals surface area contributed by atoms with Gasteiger partial charge >= 0.3 is 0 Å². The second-order valence-electron chi connectivity index (χ2n) is 3.97. The summed E-state index contributed by atoms with van der Waals surface area (Å²) in [6.07, 6.45) is 0.586. The van der Waals surface area contributed by atoms with Crippen LogP contribution in [0.25, 0.3) is 0 Å². The Morgan fingerprint density at radius 1 is 1.41 bits per heavy atom. The SMILES string of the molecule is CCCc1ccccc1C(C(N)O)P(=O)(S)S. The number of aliphatic hydroxyl groups is 1. The van der Waals surface area contributed by atoms with Crippen LogP contribution in [0.15, 0.2) is 24.3 Å². The van der Waals surface area contributed by atoms with Crippen molar-refractivity contribution in [2.75, 3.05) is 0 Å². The van der Waals surface area contributed by atoms with Crippen molar-refractivity contribution in [3.8, 4) is 0 Å². The van der Waals surface area contributed by atoms with Crippen molar-refractivity contribution < 1.29 is 9.67 Å². The van der Waals surface area contributed by atoms with Gasteiger partial charge in [-0.15, -0.1) is 24.5 Å². The predicted molar refractivity (Wildman–Crippen MR) is 79.0 cm³/mol. The molecular weight excluding hydrogens is 273 g/mol. The molecule has 0 fully saturated rings. The lowest BCUT2D eigenvalue weighted by Gasteiger charge is -2.25. The fourth-order valence-corrected chi connectivity index (χ4v) is 4.46. The lowest BCUT2D eigenvalue weighted by molar-refractivity contribution is 0.176. The number of aliphatic hydroxyl groups excluding tert-OH is 1. The first-order chi connectivity index (χ1) is 7.88. The average molecular weight is 291 g/mol. The number of benzene rings is 1. The minimum atomic E-state index is -3.09. The van der Waals surface area contributed by atoms with Gasteiger partial charge in [-0.25, -0.2) is 0 Å². The number of hydrogen-bond acceptors (Lipinski definition) is 3. The van der Waals surface area contributed by atoms with Gasteiger partial charge in [0.25, 0.3) is 0 Å². The van der Waals surface area contributed by atoms with Gasteiger partial charge < -0.3 is 15.4 Å². The largest absolute Gasteiger partial charge is 0.378 e. The predicted octanol–water partition coefficient (Wildman–Crippen LogP) is 3.01. The van der Waals surface area contributed by atoms with Gasteiger partial charge in [0, 0.05) is 0 Å². The van der Waals surface area contributed by atoms with E-state index in [2.05, 4.69) is 31.4 Å². The molecule has 0 saturated carbocycles. The van der Waals surface area contributed by atoms with Gasteiger partial charge in [0.2, 0.25) is 0 Å². The third-order valence-corrected chi connectivity index (χ3v) is 5.38. The van der Waals surface area contributed by atoms with E-state index in [0.29, 0.717) is 0 Å². The maximum atomic E-state index is 12.0. The molecule has 0 aromatic heterocycles. The normalized spacial score (nSPS) is 15.6. The van der Waals surface area contributed by atoms with Crippen LogP contribution in [-0.4, -0.2) is 11.3 Å². The summed E-state index contributed by atoms with van der Waals surface area (Å²) in [5.74, 6) is 0. The van der Waals surface area contributed by atoms with E-state index < -0.39 is 17.4 Å². The van der Waals surface area contributed by atoms with Crippen molar-refractivity contribution in [3.63, 3.8) is 0 Å². The molecular formula is C11H18NO2PS2. The third kappa shape index (κ3) is 4.04. The van der Waals surface area contributed by atoms with Crippen LogP contribution in [0.4, 0.5) is 0 Å². The molecule has 1 aromatic carbocycles. The number of hydrogen-bond donors (Lipinski definition) is 4. The minimum Gasteiger partial charge on any atom is -0.378 e. The first-order valence-electron chi connectivity index (χ1n) is 5.44. The molecule has 1 rings (SSSR count). The molecule has 0 spiro atoms. The summed E-state index contributed by atoms with van der Waals surface area (Å²) in [6, 6.07) is 7.52. The molecule has 2 atom stereocenters. The maximum Gasteiger partial charge on any atom is 0.196 e. The summed E-state index contributed by atoms with van der Waals surface area (Å²) >= 11 is 7.99. The lowest BCUT2D eigenvalue weighted by atomic mass is 10.00. The monoisotopic (exact) mass is 291 g/mol. The molecule has 0 bridgehead atoms. The Hall–Kier alpha value is 0.0700. The Morgan fingerprint density at radius 2 is 2.00 bits per heavy atom. The van der Waals surface area contributed by atoms with E-state index in [0.717, 1.165) is 24.0 Å². The second-order valence-corrected chi connectivity index (χ2v) is 10.2. The van der Waals surface area contributed by atoms with Gasteiger partial charge in [-0.1, -0.05) is 37.6 Å². The number of aryl methyl sites for hydroxylation is 1. The highest BCUT2D eigenvalue weighted by atomic mass is 33.1. The van der Waals surface area contributed by atoms with E-state index in [9.17, 15) is 9.67 Å². The van der Waals surface area contributed by atoms with Crippen molar-refractivity contribution in [2.24, 2.45) is 5.73 Å². The van der Waals surface area contributed by atoms with Crippen LogP contribution < -0.4 is 5.73 Å². The zero-order chi connectivity index (χ0) is 13.1. The Morgan fingerprint density at radius 3 is 2.47 bits per heavy atom. The molecule has 0 amide bonds. The van der Waals surface area contributed by atoms with E-state index in [4.69, 9.17) is 5.73 Å². The van der Waals surface area contributed by atoms with Crippen LogP contribution in [0.2, 0.25) is 0 Å². The Kier molecular flexibility index (Phi) is 5.61. The highest BCUT2D eigenvalue weighted by molar-refractivity contribution is 8.80. The number of thiol groups is 2. The Balaban J connectivity index is 3.23. The Bertz CT molecular complexity index is 420. The maximum absolute atomic E-state index is 12.0. The van der Waals surface area contributed by atoms with Crippen molar-refractivity contribution in [1.29, 1.82) is 0 Å². The van der Waals surface area contributed by atoms with E-state index in [1.807, 2.05) is 24.3 Å². The molecule has 0 saturated heterocycles. The third-order valence-electron chi connectivity index (χ3n) is 2.58. The fraction of sp³-hybridized carbons (Fsp3) is 0.455. The summed E-state index contributed by atoms with van der Waals surface area (Å²) in [5.41, 5.74) is 3.49. The van der Waals surface area contributed by atoms with Crippen molar-refractivity contribution in [3.05, 3.63) is 35.4 Å². The Labute approximate surface area is 112 Å². The van der Waals surface area contributed by atoms with Crippen LogP contribution in [-0.2, 0) is 11.0 Å². The zero-order valence-electron chi connectivity index (χ0n) is 9.65. The molecule has 6 heteroatoms. The van der Waals surface area contributed by atoms with Gasteiger partial charge in [0.1, 0.15) is 6.23 Å². The van der Waals surface area contributed by atoms with E-state index in [1.165, 1.54) is 0 Å². The zero-order valence-corrected chi connectivity index (χ0v) is 12.3. The smallest absolute Gasteiger partial charge is 0.196 e. The standard InChI is InChI=1S/C11H18NO2PS2/c1-2-5-8-6-3-4-7-9(8)10(11(12)13)15(14,16)17/h3-4,6-7,10-11,13H,2,5,12H2,1H3,(H2,14,16,17). The van der Waals surface area contributed by atoms with Gasteiger partial charge in [0.15, 0.2) is 5.55 Å². The molecule has 0 aliphatic carbocycles. The van der Waals surface area contributed by atoms with Crippen LogP contribution in [0.1, 0.15) is 30.1 Å². The minimum absolute atomic E-state index is 0.739. The molecule has 2 unspecified atom stereocenters. The van der Waals surface area contributed by atoms with E-state index in [-0.39, 0.29) is 0 Å². The quantitative estimate of drug-likeness (QED) is 0.383. The van der Waals surface area contributed by atoms with Crippen LogP contribution in [0.3, 0.4) is 0 Å². The first kappa shape index (κ1) is 15.1. The molecule has 1 aromatic rings. The highest BCUT2D eigenvalue weighted by Crippen LogP contribution is 2.67. The topological polar surface area (TPSA) is 63.3 Å². The van der Waals surface area contributed by atoms with Crippen molar-refractivity contribution >= 4 is 30.0 Å². The van der Waals surface area contributed by atoms with Crippen molar-refractivity contribution in [1.82, 2.24) is 0 Å². The van der Waals surface area contributed by atoms with Gasteiger partial charge in [-0.05, 0) is 17.5 Å². The molecule has 0 radical (unpaired) electrons. The summed E-state index contributed by atoms with van der Waals surface area (Å²) in [7, 11) is 0. The second kappa shape index (κ2) is 6.30. The number of rotatable bonds is 5. The highest BCUT2D eigenvalue weighted by Gasteiger charge is 2.33. The van der Waals surface area contributed by atoms with E-state index >= 15 is 0 Å². The molecule has 3 N–H and O–H groups in total. The van der Waals surface area contributed by atoms with Crippen LogP contribution in [0.5, 0.6) is 0 Å². The first-order valence-corrected chi connectivity index (χ1v) is 9.52. The van der Waals surface area contributed by atoms with Crippen LogP contribution >= 0.6 is 30.0 Å². The number of nitrogens with two attached hydrogens (primary N) is 1. The molecule has 3 nitrogen and oxygen atoms in total. The molecule has 96 valence electrons. The van der Waals surface area contributed by atoms with Crippen LogP contribution in [0, 0.1) is 0 Å². The molecule has 17 heavy (non-hydrogen) atoms. The average Bonchev–Trinajstić information content (AvgIpc) is 2.18.